The Morgan fingerprint density at radius 1 is 1.26 bits per heavy atom. The summed E-state index contributed by atoms with van der Waals surface area (Å²) < 4.78 is 0. The molecular weight excluding hydrogens is 286 g/mol. The van der Waals surface area contributed by atoms with Gasteiger partial charge in [-0.15, -0.1) is 0 Å². The van der Waals surface area contributed by atoms with Crippen LogP contribution < -0.4 is 5.32 Å². The van der Waals surface area contributed by atoms with Crippen LogP contribution in [0.25, 0.3) is 0 Å². The molecule has 6 atom stereocenters. The Hall–Kier alpha value is -1.08. The van der Waals surface area contributed by atoms with Crippen molar-refractivity contribution in [2.45, 2.75) is 57.4 Å². The highest BCUT2D eigenvalue weighted by molar-refractivity contribution is 5.79. The van der Waals surface area contributed by atoms with Gasteiger partial charge in [0.1, 0.15) is 6.04 Å². The summed E-state index contributed by atoms with van der Waals surface area (Å²) in [7, 11) is 0. The normalized spacial score (nSPS) is 49.1. The van der Waals surface area contributed by atoms with E-state index in [0.717, 1.165) is 49.1 Å². The largest absolute Gasteiger partial charge is 0.326 e. The van der Waals surface area contributed by atoms with E-state index in [1.807, 2.05) is 0 Å². The van der Waals surface area contributed by atoms with Gasteiger partial charge in [0.15, 0.2) is 0 Å². The van der Waals surface area contributed by atoms with E-state index in [4.69, 9.17) is 5.26 Å². The number of nitrogens with zero attached hydrogens (tertiary/aromatic N) is 2. The maximum atomic E-state index is 12.4. The van der Waals surface area contributed by atoms with Gasteiger partial charge >= 0.3 is 0 Å². The number of likely N-dealkylation sites (tertiary alicyclic amines) is 1. The van der Waals surface area contributed by atoms with Crippen LogP contribution in [0.1, 0.15) is 51.4 Å². The van der Waals surface area contributed by atoms with Gasteiger partial charge in [0, 0.05) is 13.1 Å². The second-order valence-electron chi connectivity index (χ2n) is 9.23. The van der Waals surface area contributed by atoms with E-state index < -0.39 is 0 Å². The van der Waals surface area contributed by atoms with Crippen molar-refractivity contribution < 1.29 is 4.79 Å². The molecule has 124 valence electrons. The molecule has 1 N–H and O–H groups in total. The molecule has 1 amide bonds. The SMILES string of the molecule is N#C[C@@H]1CCCN1C(=O)CNCC12CC3CC4CC(C1)C4(C3)C2. The zero-order valence-corrected chi connectivity index (χ0v) is 13.9. The van der Waals surface area contributed by atoms with Gasteiger partial charge < -0.3 is 10.2 Å². The summed E-state index contributed by atoms with van der Waals surface area (Å²) in [4.78, 5) is 14.2. The molecule has 1 saturated heterocycles. The molecule has 5 aliphatic rings. The van der Waals surface area contributed by atoms with Gasteiger partial charge in [-0.2, -0.15) is 5.26 Å². The molecule has 23 heavy (non-hydrogen) atoms. The zero-order valence-electron chi connectivity index (χ0n) is 13.9. The fourth-order valence-electron chi connectivity index (χ4n) is 7.48. The Bertz CT molecular complexity index is 580. The predicted molar refractivity (Wildman–Crippen MR) is 86.3 cm³/mol. The molecule has 4 nitrogen and oxygen atoms in total. The maximum Gasteiger partial charge on any atom is 0.237 e. The van der Waals surface area contributed by atoms with Crippen LogP contribution >= 0.6 is 0 Å². The van der Waals surface area contributed by atoms with Crippen molar-refractivity contribution in [3.8, 4) is 6.07 Å². The fraction of sp³-hybridized carbons (Fsp3) is 0.895. The first kappa shape index (κ1) is 14.3. The molecule has 5 rings (SSSR count). The molecule has 4 saturated carbocycles. The van der Waals surface area contributed by atoms with Gasteiger partial charge in [0.05, 0.1) is 12.6 Å². The summed E-state index contributed by atoms with van der Waals surface area (Å²) >= 11 is 0. The smallest absolute Gasteiger partial charge is 0.237 e. The average molecular weight is 313 g/mol. The number of nitrogens with one attached hydrogen (secondary N) is 1. The predicted octanol–water partition coefficient (Wildman–Crippen LogP) is 2.31. The monoisotopic (exact) mass is 313 g/mol. The molecular formula is C19H27N3O. The second kappa shape index (κ2) is 4.72. The number of fused-ring (bicyclic) bond motifs is 2. The van der Waals surface area contributed by atoms with Crippen molar-refractivity contribution in [1.82, 2.24) is 10.2 Å². The summed E-state index contributed by atoms with van der Waals surface area (Å²) in [5, 5.41) is 12.6. The van der Waals surface area contributed by atoms with E-state index in [2.05, 4.69) is 11.4 Å². The van der Waals surface area contributed by atoms with Crippen LogP contribution in [-0.4, -0.2) is 36.5 Å². The summed E-state index contributed by atoms with van der Waals surface area (Å²) in [5.74, 6) is 3.14. The lowest BCUT2D eigenvalue weighted by molar-refractivity contribution is -0.130. The number of hydrogen-bond donors (Lipinski definition) is 1. The van der Waals surface area contributed by atoms with Crippen molar-refractivity contribution >= 4 is 5.91 Å². The van der Waals surface area contributed by atoms with E-state index >= 15 is 0 Å². The van der Waals surface area contributed by atoms with Gasteiger partial charge in [-0.1, -0.05) is 0 Å². The molecule has 0 aromatic rings. The third-order valence-electron chi connectivity index (χ3n) is 8.09. The summed E-state index contributed by atoms with van der Waals surface area (Å²) in [6.07, 6.45) is 10.6. The quantitative estimate of drug-likeness (QED) is 0.866. The van der Waals surface area contributed by atoms with E-state index in [-0.39, 0.29) is 11.9 Å². The topological polar surface area (TPSA) is 56.1 Å². The second-order valence-corrected chi connectivity index (χ2v) is 9.23. The Labute approximate surface area is 138 Å². The molecule has 0 radical (unpaired) electrons. The highest BCUT2D eigenvalue weighted by atomic mass is 16.2. The van der Waals surface area contributed by atoms with Gasteiger partial charge in [-0.3, -0.25) is 4.79 Å². The first-order chi connectivity index (χ1) is 11.1. The van der Waals surface area contributed by atoms with Gasteiger partial charge in [-0.25, -0.2) is 0 Å². The third-order valence-corrected chi connectivity index (χ3v) is 8.09. The minimum absolute atomic E-state index is 0.126. The van der Waals surface area contributed by atoms with E-state index in [0.29, 0.717) is 12.0 Å². The molecule has 1 heterocycles. The first-order valence-electron chi connectivity index (χ1n) is 9.54. The van der Waals surface area contributed by atoms with Crippen LogP contribution in [0.15, 0.2) is 0 Å². The lowest BCUT2D eigenvalue weighted by atomic mass is 9.55. The molecule has 3 bridgehead atoms. The molecule has 5 unspecified atom stereocenters. The molecule has 1 aliphatic heterocycles. The lowest BCUT2D eigenvalue weighted by Crippen LogP contribution is -2.44. The number of nitriles is 1. The summed E-state index contributed by atoms with van der Waals surface area (Å²) in [6.45, 7) is 2.20. The molecule has 0 aromatic heterocycles. The molecule has 1 spiro atoms. The maximum absolute atomic E-state index is 12.4. The Morgan fingerprint density at radius 2 is 2.17 bits per heavy atom. The van der Waals surface area contributed by atoms with Crippen molar-refractivity contribution in [3.63, 3.8) is 0 Å². The number of hydrogen-bond acceptors (Lipinski definition) is 3. The van der Waals surface area contributed by atoms with Gasteiger partial charge in [-0.05, 0) is 80.0 Å². The van der Waals surface area contributed by atoms with Crippen LogP contribution in [0.3, 0.4) is 0 Å². The van der Waals surface area contributed by atoms with Crippen molar-refractivity contribution in [3.05, 3.63) is 0 Å². The van der Waals surface area contributed by atoms with Crippen LogP contribution in [0.2, 0.25) is 0 Å². The van der Waals surface area contributed by atoms with Crippen LogP contribution in [-0.2, 0) is 4.79 Å². The molecule has 4 heteroatoms. The standard InChI is InChI=1S/C19H27N3O/c20-9-16-2-1-3-22(16)17(23)10-21-12-18-6-13-4-14-5-15(8-18)19(14,7-13)11-18/h13-16,21H,1-8,10-12H2/t13?,14?,15?,16-,18?,19?/m0/s1. The van der Waals surface area contributed by atoms with Crippen LogP contribution in [0.5, 0.6) is 0 Å². The minimum atomic E-state index is -0.185. The highest BCUT2D eigenvalue weighted by Crippen LogP contribution is 2.78. The first-order valence-corrected chi connectivity index (χ1v) is 9.54. The van der Waals surface area contributed by atoms with Crippen molar-refractivity contribution in [2.24, 2.45) is 28.6 Å². The van der Waals surface area contributed by atoms with Crippen molar-refractivity contribution in [1.29, 1.82) is 5.26 Å². The van der Waals surface area contributed by atoms with E-state index in [9.17, 15) is 4.79 Å². The fourth-order valence-corrected chi connectivity index (χ4v) is 7.48. The Balaban J connectivity index is 1.20. The van der Waals surface area contributed by atoms with Gasteiger partial charge in [0.2, 0.25) is 5.91 Å². The van der Waals surface area contributed by atoms with E-state index in [1.165, 1.54) is 38.5 Å². The third kappa shape index (κ3) is 1.89. The zero-order chi connectivity index (χ0) is 15.7. The summed E-state index contributed by atoms with van der Waals surface area (Å²) in [6, 6.07) is 2.08. The number of amides is 1. The van der Waals surface area contributed by atoms with Crippen LogP contribution in [0.4, 0.5) is 0 Å². The number of carbonyl (C=O) groups excluding carboxylic acids is 1. The average Bonchev–Trinajstić information content (AvgIpc) is 3.12. The van der Waals surface area contributed by atoms with Crippen LogP contribution in [0, 0.1) is 39.9 Å². The Kier molecular flexibility index (Phi) is 2.93. The minimum Gasteiger partial charge on any atom is -0.326 e. The molecule has 5 fully saturated rings. The molecule has 0 aromatic carbocycles. The Morgan fingerprint density at radius 3 is 3.04 bits per heavy atom. The number of carbonyl (C=O) groups is 1. The highest BCUT2D eigenvalue weighted by Gasteiger charge is 2.70. The van der Waals surface area contributed by atoms with Gasteiger partial charge in [0.25, 0.3) is 0 Å². The summed E-state index contributed by atoms with van der Waals surface area (Å²) in [5.41, 5.74) is 1.22. The van der Waals surface area contributed by atoms with E-state index in [1.54, 1.807) is 4.90 Å². The lowest BCUT2D eigenvalue weighted by Gasteiger charge is -2.49. The molecule has 4 aliphatic carbocycles. The van der Waals surface area contributed by atoms with Crippen molar-refractivity contribution in [2.75, 3.05) is 19.6 Å². The number of rotatable bonds is 4.